The maximum absolute atomic E-state index is 12.3. The minimum absolute atomic E-state index is 0.0267. The molecular formula is C22H25N3O2. The molecule has 5 heteroatoms. The minimum atomic E-state index is -0.0571. The second kappa shape index (κ2) is 9.03. The Morgan fingerprint density at radius 1 is 1.00 bits per heavy atom. The number of amides is 2. The average Bonchev–Trinajstić information content (AvgIpc) is 3.10. The number of aromatic amines is 1. The SMILES string of the molecule is CCCCNC(=O)c1ccc(CNC(=O)Cc2c[nH]c3ccccc23)cc1. The molecule has 0 aliphatic heterocycles. The first-order chi connectivity index (χ1) is 13.2. The molecule has 27 heavy (non-hydrogen) atoms. The van der Waals surface area contributed by atoms with Crippen LogP contribution in [0.1, 0.15) is 41.3 Å². The van der Waals surface area contributed by atoms with E-state index in [0.717, 1.165) is 34.9 Å². The van der Waals surface area contributed by atoms with Crippen molar-refractivity contribution in [1.82, 2.24) is 15.6 Å². The van der Waals surface area contributed by atoms with Crippen molar-refractivity contribution in [2.45, 2.75) is 32.7 Å². The predicted molar refractivity (Wildman–Crippen MR) is 108 cm³/mol. The second-order valence-corrected chi connectivity index (χ2v) is 6.62. The summed E-state index contributed by atoms with van der Waals surface area (Å²) in [5.74, 6) is -0.0838. The summed E-state index contributed by atoms with van der Waals surface area (Å²) in [6.45, 7) is 3.23. The van der Waals surface area contributed by atoms with Crippen molar-refractivity contribution in [2.75, 3.05) is 6.54 Å². The molecule has 0 saturated carbocycles. The standard InChI is InChI=1S/C22H25N3O2/c1-2-3-12-23-22(27)17-10-8-16(9-11-17)14-25-21(26)13-18-15-24-20-7-5-4-6-19(18)20/h4-11,15,24H,2-3,12-14H2,1H3,(H,23,27)(H,25,26). The first-order valence-electron chi connectivity index (χ1n) is 9.36. The van der Waals surface area contributed by atoms with Gasteiger partial charge in [0, 0.05) is 35.8 Å². The van der Waals surface area contributed by atoms with Crippen LogP contribution < -0.4 is 10.6 Å². The van der Waals surface area contributed by atoms with E-state index < -0.39 is 0 Å². The van der Waals surface area contributed by atoms with Gasteiger partial charge in [-0.3, -0.25) is 9.59 Å². The fourth-order valence-electron chi connectivity index (χ4n) is 2.97. The Kier molecular flexibility index (Phi) is 6.26. The van der Waals surface area contributed by atoms with E-state index in [1.807, 2.05) is 42.6 Å². The summed E-state index contributed by atoms with van der Waals surface area (Å²) >= 11 is 0. The zero-order chi connectivity index (χ0) is 19.1. The van der Waals surface area contributed by atoms with Gasteiger partial charge in [-0.2, -0.15) is 0 Å². The normalized spacial score (nSPS) is 10.7. The highest BCUT2D eigenvalue weighted by Gasteiger charge is 2.09. The van der Waals surface area contributed by atoms with E-state index in [0.29, 0.717) is 25.1 Å². The molecule has 0 unspecified atom stereocenters. The van der Waals surface area contributed by atoms with Gasteiger partial charge in [-0.15, -0.1) is 0 Å². The number of benzene rings is 2. The van der Waals surface area contributed by atoms with Crippen molar-refractivity contribution in [3.05, 3.63) is 71.4 Å². The van der Waals surface area contributed by atoms with Crippen molar-refractivity contribution >= 4 is 22.7 Å². The molecule has 0 aliphatic carbocycles. The molecule has 1 heterocycles. The van der Waals surface area contributed by atoms with Crippen molar-refractivity contribution in [3.63, 3.8) is 0 Å². The van der Waals surface area contributed by atoms with Gasteiger partial charge in [0.25, 0.3) is 5.91 Å². The highest BCUT2D eigenvalue weighted by Crippen LogP contribution is 2.18. The molecular weight excluding hydrogens is 338 g/mol. The van der Waals surface area contributed by atoms with Gasteiger partial charge >= 0.3 is 0 Å². The number of aromatic nitrogens is 1. The number of para-hydroxylation sites is 1. The number of nitrogens with one attached hydrogen (secondary N) is 3. The van der Waals surface area contributed by atoms with E-state index in [4.69, 9.17) is 0 Å². The number of unbranched alkanes of at least 4 members (excludes halogenated alkanes) is 1. The summed E-state index contributed by atoms with van der Waals surface area (Å²) in [5, 5.41) is 6.91. The Morgan fingerprint density at radius 3 is 2.56 bits per heavy atom. The molecule has 3 rings (SSSR count). The fourth-order valence-corrected chi connectivity index (χ4v) is 2.97. The summed E-state index contributed by atoms with van der Waals surface area (Å²) in [5.41, 5.74) is 3.63. The van der Waals surface area contributed by atoms with Gasteiger partial charge in [0.15, 0.2) is 0 Å². The Bertz CT molecular complexity index is 913. The summed E-state index contributed by atoms with van der Waals surface area (Å²) in [6, 6.07) is 15.3. The number of hydrogen-bond acceptors (Lipinski definition) is 2. The number of carbonyl (C=O) groups excluding carboxylic acids is 2. The van der Waals surface area contributed by atoms with Gasteiger partial charge in [0.1, 0.15) is 0 Å². The third-order valence-electron chi connectivity index (χ3n) is 4.55. The van der Waals surface area contributed by atoms with E-state index >= 15 is 0 Å². The number of H-pyrrole nitrogens is 1. The third-order valence-corrected chi connectivity index (χ3v) is 4.55. The van der Waals surface area contributed by atoms with Gasteiger partial charge in [-0.1, -0.05) is 43.7 Å². The maximum Gasteiger partial charge on any atom is 0.251 e. The van der Waals surface area contributed by atoms with Gasteiger partial charge < -0.3 is 15.6 Å². The molecule has 3 aromatic rings. The van der Waals surface area contributed by atoms with E-state index in [1.54, 1.807) is 12.1 Å². The van der Waals surface area contributed by atoms with Crippen LogP contribution in [0.15, 0.2) is 54.7 Å². The number of hydrogen-bond donors (Lipinski definition) is 3. The summed E-state index contributed by atoms with van der Waals surface area (Å²) in [6.07, 6.45) is 4.25. The van der Waals surface area contributed by atoms with E-state index in [-0.39, 0.29) is 11.8 Å². The van der Waals surface area contributed by atoms with Crippen LogP contribution in [-0.4, -0.2) is 23.3 Å². The molecule has 0 aliphatic rings. The van der Waals surface area contributed by atoms with Crippen molar-refractivity contribution < 1.29 is 9.59 Å². The molecule has 2 aromatic carbocycles. The first-order valence-corrected chi connectivity index (χ1v) is 9.36. The predicted octanol–water partition coefficient (Wildman–Crippen LogP) is 3.56. The zero-order valence-electron chi connectivity index (χ0n) is 15.5. The third kappa shape index (κ3) is 4.97. The van der Waals surface area contributed by atoms with Crippen LogP contribution in [0.25, 0.3) is 10.9 Å². The Morgan fingerprint density at radius 2 is 1.78 bits per heavy atom. The quantitative estimate of drug-likeness (QED) is 0.535. The summed E-state index contributed by atoms with van der Waals surface area (Å²) < 4.78 is 0. The lowest BCUT2D eigenvalue weighted by molar-refractivity contribution is -0.120. The number of rotatable bonds is 8. The smallest absolute Gasteiger partial charge is 0.251 e. The van der Waals surface area contributed by atoms with Crippen LogP contribution in [0, 0.1) is 0 Å². The highest BCUT2D eigenvalue weighted by molar-refractivity contribution is 5.94. The molecule has 1 aromatic heterocycles. The summed E-state index contributed by atoms with van der Waals surface area (Å²) in [7, 11) is 0. The van der Waals surface area contributed by atoms with Crippen LogP contribution in [0.5, 0.6) is 0 Å². The largest absolute Gasteiger partial charge is 0.361 e. The Balaban J connectivity index is 1.51. The van der Waals surface area contributed by atoms with E-state index in [9.17, 15) is 9.59 Å². The molecule has 0 radical (unpaired) electrons. The lowest BCUT2D eigenvalue weighted by Crippen LogP contribution is -2.25. The fraction of sp³-hybridized carbons (Fsp3) is 0.273. The number of carbonyl (C=O) groups is 2. The molecule has 0 spiro atoms. The average molecular weight is 363 g/mol. The molecule has 140 valence electrons. The van der Waals surface area contributed by atoms with Gasteiger partial charge in [0.05, 0.1) is 6.42 Å². The summed E-state index contributed by atoms with van der Waals surface area (Å²) in [4.78, 5) is 27.4. The van der Waals surface area contributed by atoms with Gasteiger partial charge in [-0.05, 0) is 35.7 Å². The molecule has 2 amide bonds. The second-order valence-electron chi connectivity index (χ2n) is 6.62. The van der Waals surface area contributed by atoms with Gasteiger partial charge in [-0.25, -0.2) is 0 Å². The Labute approximate surface area is 159 Å². The Hall–Kier alpha value is -3.08. The van der Waals surface area contributed by atoms with Crippen molar-refractivity contribution in [3.8, 4) is 0 Å². The van der Waals surface area contributed by atoms with E-state index in [1.165, 1.54) is 0 Å². The van der Waals surface area contributed by atoms with Crippen LogP contribution >= 0.6 is 0 Å². The molecule has 5 nitrogen and oxygen atoms in total. The minimum Gasteiger partial charge on any atom is -0.361 e. The van der Waals surface area contributed by atoms with Crippen molar-refractivity contribution in [2.24, 2.45) is 0 Å². The lowest BCUT2D eigenvalue weighted by atomic mass is 10.1. The van der Waals surface area contributed by atoms with E-state index in [2.05, 4.69) is 22.5 Å². The van der Waals surface area contributed by atoms with Crippen molar-refractivity contribution in [1.29, 1.82) is 0 Å². The van der Waals surface area contributed by atoms with Gasteiger partial charge in [0.2, 0.25) is 5.91 Å². The molecule has 3 N–H and O–H groups in total. The topological polar surface area (TPSA) is 74.0 Å². The molecule has 0 fully saturated rings. The first kappa shape index (κ1) is 18.7. The van der Waals surface area contributed by atoms with Crippen LogP contribution in [0.4, 0.5) is 0 Å². The monoisotopic (exact) mass is 363 g/mol. The molecule has 0 bridgehead atoms. The highest BCUT2D eigenvalue weighted by atomic mass is 16.2. The molecule has 0 atom stereocenters. The van der Waals surface area contributed by atoms with Crippen LogP contribution in [-0.2, 0) is 17.8 Å². The van der Waals surface area contributed by atoms with Crippen LogP contribution in [0.2, 0.25) is 0 Å². The maximum atomic E-state index is 12.3. The van der Waals surface area contributed by atoms with Crippen LogP contribution in [0.3, 0.4) is 0 Å². The number of fused-ring (bicyclic) bond motifs is 1. The molecule has 0 saturated heterocycles. The lowest BCUT2D eigenvalue weighted by Gasteiger charge is -2.07. The zero-order valence-corrected chi connectivity index (χ0v) is 15.5.